The molecule has 1 aliphatic heterocycles. The van der Waals surface area contributed by atoms with Crippen LogP contribution in [0.25, 0.3) is 0 Å². The predicted molar refractivity (Wildman–Crippen MR) is 60.6 cm³/mol. The van der Waals surface area contributed by atoms with Crippen LogP contribution < -0.4 is 5.32 Å². The van der Waals surface area contributed by atoms with Crippen molar-refractivity contribution in [3.63, 3.8) is 0 Å². The molecule has 1 unspecified atom stereocenters. The van der Waals surface area contributed by atoms with Crippen LogP contribution in [0, 0.1) is 0 Å². The number of carbonyl (C=O) groups is 1. The number of nitrogens with one attached hydrogen (secondary N) is 1. The molecular formula is C13H17NO. The Morgan fingerprint density at radius 3 is 2.20 bits per heavy atom. The molecule has 0 spiro atoms. The van der Waals surface area contributed by atoms with Crippen LogP contribution >= 0.6 is 0 Å². The zero-order valence-corrected chi connectivity index (χ0v) is 9.50. The molecule has 0 aromatic heterocycles. The summed E-state index contributed by atoms with van der Waals surface area (Å²) in [5.74, 6) is 0.145. The fourth-order valence-corrected chi connectivity index (χ4v) is 2.34. The third-order valence-electron chi connectivity index (χ3n) is 3.76. The molecule has 0 saturated carbocycles. The minimum Gasteiger partial charge on any atom is -0.350 e. The maximum absolute atomic E-state index is 11.5. The van der Waals surface area contributed by atoms with Gasteiger partial charge in [0, 0.05) is 17.4 Å². The van der Waals surface area contributed by atoms with Gasteiger partial charge in [-0.2, -0.15) is 0 Å². The van der Waals surface area contributed by atoms with E-state index in [0.717, 1.165) is 0 Å². The van der Waals surface area contributed by atoms with Gasteiger partial charge in [-0.1, -0.05) is 37.3 Å². The number of hydrogen-bond donors (Lipinski definition) is 1. The lowest BCUT2D eigenvalue weighted by Gasteiger charge is -2.37. The highest BCUT2D eigenvalue weighted by Gasteiger charge is 2.49. The molecule has 0 aliphatic carbocycles. The van der Waals surface area contributed by atoms with Crippen molar-refractivity contribution in [1.82, 2.24) is 5.32 Å². The van der Waals surface area contributed by atoms with E-state index in [1.54, 1.807) is 0 Å². The van der Waals surface area contributed by atoms with Crippen LogP contribution in [0.2, 0.25) is 0 Å². The second-order valence-electron chi connectivity index (χ2n) is 5.05. The van der Waals surface area contributed by atoms with Gasteiger partial charge in [0.1, 0.15) is 0 Å². The summed E-state index contributed by atoms with van der Waals surface area (Å²) >= 11 is 0. The summed E-state index contributed by atoms with van der Waals surface area (Å²) < 4.78 is 0. The standard InChI is InChI=1S/C13H17NO/c1-12(2)13(3,9-11(15)14-12)10-7-5-4-6-8-10/h4-8H,9H2,1-3H3,(H,14,15). The van der Waals surface area contributed by atoms with Gasteiger partial charge in [0.15, 0.2) is 0 Å². The van der Waals surface area contributed by atoms with Crippen LogP contribution in [0.15, 0.2) is 30.3 Å². The molecular weight excluding hydrogens is 186 g/mol. The van der Waals surface area contributed by atoms with Gasteiger partial charge in [-0.05, 0) is 19.4 Å². The van der Waals surface area contributed by atoms with E-state index in [1.807, 2.05) is 18.2 Å². The Morgan fingerprint density at radius 2 is 1.73 bits per heavy atom. The number of rotatable bonds is 1. The van der Waals surface area contributed by atoms with Crippen molar-refractivity contribution in [1.29, 1.82) is 0 Å². The lowest BCUT2D eigenvalue weighted by Crippen LogP contribution is -2.48. The summed E-state index contributed by atoms with van der Waals surface area (Å²) in [6.07, 6.45) is 0.573. The largest absolute Gasteiger partial charge is 0.350 e. The van der Waals surface area contributed by atoms with Crippen LogP contribution in [-0.2, 0) is 10.2 Å². The smallest absolute Gasteiger partial charge is 0.221 e. The van der Waals surface area contributed by atoms with Crippen molar-refractivity contribution >= 4 is 5.91 Å². The van der Waals surface area contributed by atoms with Crippen molar-refractivity contribution in [2.45, 2.75) is 38.1 Å². The maximum atomic E-state index is 11.5. The van der Waals surface area contributed by atoms with E-state index in [0.29, 0.717) is 6.42 Å². The van der Waals surface area contributed by atoms with Gasteiger partial charge in [-0.25, -0.2) is 0 Å². The van der Waals surface area contributed by atoms with Gasteiger partial charge in [-0.3, -0.25) is 4.79 Å². The van der Waals surface area contributed by atoms with Crippen LogP contribution in [0.3, 0.4) is 0 Å². The molecule has 1 fully saturated rings. The quantitative estimate of drug-likeness (QED) is 0.745. The minimum atomic E-state index is -0.175. The van der Waals surface area contributed by atoms with Crippen LogP contribution in [-0.4, -0.2) is 11.4 Å². The molecule has 2 rings (SSSR count). The highest BCUT2D eigenvalue weighted by atomic mass is 16.2. The molecule has 2 heteroatoms. The average Bonchev–Trinajstić information content (AvgIpc) is 2.38. The van der Waals surface area contributed by atoms with Crippen LogP contribution in [0.4, 0.5) is 0 Å². The molecule has 1 heterocycles. The summed E-state index contributed by atoms with van der Waals surface area (Å²) in [5.41, 5.74) is 0.949. The summed E-state index contributed by atoms with van der Waals surface area (Å²) in [6.45, 7) is 6.33. The zero-order chi connectivity index (χ0) is 11.1. The summed E-state index contributed by atoms with van der Waals surface area (Å²) in [5, 5.41) is 3.04. The second kappa shape index (κ2) is 3.09. The van der Waals surface area contributed by atoms with Crippen molar-refractivity contribution in [2.75, 3.05) is 0 Å². The molecule has 1 atom stereocenters. The number of benzene rings is 1. The van der Waals surface area contributed by atoms with Gasteiger partial charge in [-0.15, -0.1) is 0 Å². The fraction of sp³-hybridized carbons (Fsp3) is 0.462. The molecule has 1 aliphatic rings. The molecule has 1 aromatic rings. The van der Waals surface area contributed by atoms with E-state index in [9.17, 15) is 4.79 Å². The maximum Gasteiger partial charge on any atom is 0.221 e. The van der Waals surface area contributed by atoms with Gasteiger partial charge in [0.05, 0.1) is 0 Å². The van der Waals surface area contributed by atoms with Gasteiger partial charge in [0.25, 0.3) is 0 Å². The normalized spacial score (nSPS) is 28.9. The van der Waals surface area contributed by atoms with Crippen molar-refractivity contribution < 1.29 is 4.79 Å². The number of amides is 1. The fourth-order valence-electron chi connectivity index (χ4n) is 2.34. The number of carbonyl (C=O) groups excluding carboxylic acids is 1. The van der Waals surface area contributed by atoms with E-state index in [2.05, 4.69) is 38.2 Å². The molecule has 0 radical (unpaired) electrons. The first-order valence-corrected chi connectivity index (χ1v) is 5.32. The SMILES string of the molecule is CC1(C)NC(=O)CC1(C)c1ccccc1. The summed E-state index contributed by atoms with van der Waals surface area (Å²) in [4.78, 5) is 11.5. The second-order valence-corrected chi connectivity index (χ2v) is 5.05. The van der Waals surface area contributed by atoms with E-state index in [-0.39, 0.29) is 16.9 Å². The van der Waals surface area contributed by atoms with E-state index < -0.39 is 0 Å². The Balaban J connectivity index is 2.47. The van der Waals surface area contributed by atoms with Gasteiger partial charge in [0.2, 0.25) is 5.91 Å². The first-order chi connectivity index (χ1) is 6.96. The van der Waals surface area contributed by atoms with E-state index >= 15 is 0 Å². The van der Waals surface area contributed by atoms with Gasteiger partial charge < -0.3 is 5.32 Å². The first-order valence-electron chi connectivity index (χ1n) is 5.32. The van der Waals surface area contributed by atoms with Crippen LogP contribution in [0.5, 0.6) is 0 Å². The molecule has 1 saturated heterocycles. The van der Waals surface area contributed by atoms with Gasteiger partial charge >= 0.3 is 0 Å². The highest BCUT2D eigenvalue weighted by molar-refractivity contribution is 5.82. The molecule has 15 heavy (non-hydrogen) atoms. The first kappa shape index (κ1) is 10.2. The monoisotopic (exact) mass is 203 g/mol. The van der Waals surface area contributed by atoms with Crippen molar-refractivity contribution in [2.24, 2.45) is 0 Å². The Bertz CT molecular complexity index is 383. The topological polar surface area (TPSA) is 29.1 Å². The third kappa shape index (κ3) is 1.44. The van der Waals surface area contributed by atoms with Crippen LogP contribution in [0.1, 0.15) is 32.8 Å². The lowest BCUT2D eigenvalue weighted by molar-refractivity contribution is -0.119. The average molecular weight is 203 g/mol. The Labute approximate surface area is 90.7 Å². The minimum absolute atomic E-state index is 0.106. The third-order valence-corrected chi connectivity index (χ3v) is 3.76. The molecule has 1 aromatic carbocycles. The van der Waals surface area contributed by atoms with Crippen molar-refractivity contribution in [3.05, 3.63) is 35.9 Å². The molecule has 0 bridgehead atoms. The molecule has 1 N–H and O–H groups in total. The lowest BCUT2D eigenvalue weighted by atomic mass is 9.69. The molecule has 2 nitrogen and oxygen atoms in total. The predicted octanol–water partition coefficient (Wildman–Crippen LogP) is 2.24. The summed E-state index contributed by atoms with van der Waals surface area (Å²) in [6, 6.07) is 10.3. The highest BCUT2D eigenvalue weighted by Crippen LogP contribution is 2.42. The number of hydrogen-bond acceptors (Lipinski definition) is 1. The Morgan fingerprint density at radius 1 is 1.13 bits per heavy atom. The van der Waals surface area contributed by atoms with E-state index in [4.69, 9.17) is 0 Å². The Kier molecular flexibility index (Phi) is 2.10. The molecule has 80 valence electrons. The van der Waals surface area contributed by atoms with Crippen molar-refractivity contribution in [3.8, 4) is 0 Å². The zero-order valence-electron chi connectivity index (χ0n) is 9.50. The van der Waals surface area contributed by atoms with E-state index in [1.165, 1.54) is 5.56 Å². The summed E-state index contributed by atoms with van der Waals surface area (Å²) in [7, 11) is 0. The Hall–Kier alpha value is -1.31. The molecule has 1 amide bonds.